The minimum Gasteiger partial charge on any atom is -0.334 e. The lowest BCUT2D eigenvalue weighted by atomic mass is 10.2. The van der Waals surface area contributed by atoms with Gasteiger partial charge in [-0.2, -0.15) is 10.4 Å². The Morgan fingerprint density at radius 1 is 1.36 bits per heavy atom. The zero-order chi connectivity index (χ0) is 15.9. The summed E-state index contributed by atoms with van der Waals surface area (Å²) in [5.41, 5.74) is 4.68. The number of piperazine rings is 1. The topological polar surface area (TPSA) is 72.9 Å². The lowest BCUT2D eigenvalue weighted by Gasteiger charge is -2.29. The minimum atomic E-state index is -0.298. The van der Waals surface area contributed by atoms with E-state index in [0.717, 1.165) is 25.2 Å². The van der Waals surface area contributed by atoms with Crippen LogP contribution in [-0.2, 0) is 11.2 Å². The standard InChI is InChI=1S/C16H21N5O/c1-3-13-4-6-14(7-5-13)18-19-15(12-17)16(22)21-10-8-20(2)9-11-21/h4-7,18H,3,8-11H2,1-2H3/p+1/b19-15+. The first-order valence-electron chi connectivity index (χ1n) is 7.57. The van der Waals surface area contributed by atoms with Crippen LogP contribution in [0.4, 0.5) is 5.69 Å². The Hall–Kier alpha value is -2.39. The van der Waals surface area contributed by atoms with E-state index in [4.69, 9.17) is 5.26 Å². The van der Waals surface area contributed by atoms with Crippen LogP contribution in [0.25, 0.3) is 0 Å². The average molecular weight is 300 g/mol. The van der Waals surface area contributed by atoms with E-state index in [1.807, 2.05) is 30.3 Å². The largest absolute Gasteiger partial charge is 0.334 e. The molecule has 6 heteroatoms. The highest BCUT2D eigenvalue weighted by Gasteiger charge is 2.25. The smallest absolute Gasteiger partial charge is 0.285 e. The Balaban J connectivity index is 2.00. The minimum absolute atomic E-state index is 0.0980. The number of hydrazone groups is 1. The van der Waals surface area contributed by atoms with Gasteiger partial charge in [-0.1, -0.05) is 19.1 Å². The number of nitrogens with zero attached hydrogens (tertiary/aromatic N) is 3. The number of anilines is 1. The molecule has 0 aromatic heterocycles. The summed E-state index contributed by atoms with van der Waals surface area (Å²) < 4.78 is 0. The van der Waals surface area contributed by atoms with Crippen LogP contribution < -0.4 is 10.3 Å². The quantitative estimate of drug-likeness (QED) is 0.602. The molecule has 0 spiro atoms. The van der Waals surface area contributed by atoms with E-state index in [2.05, 4.69) is 24.5 Å². The second kappa shape index (κ2) is 7.57. The number of hydrogen-bond acceptors (Lipinski definition) is 4. The van der Waals surface area contributed by atoms with E-state index < -0.39 is 0 Å². The van der Waals surface area contributed by atoms with Crippen molar-refractivity contribution in [3.05, 3.63) is 29.8 Å². The molecule has 0 aliphatic carbocycles. The van der Waals surface area contributed by atoms with Crippen LogP contribution in [-0.4, -0.2) is 49.7 Å². The summed E-state index contributed by atoms with van der Waals surface area (Å²) in [6.07, 6.45) is 0.969. The lowest BCUT2D eigenvalue weighted by molar-refractivity contribution is -0.883. The molecule has 1 aliphatic rings. The summed E-state index contributed by atoms with van der Waals surface area (Å²) >= 11 is 0. The van der Waals surface area contributed by atoms with Gasteiger partial charge in [0.25, 0.3) is 5.91 Å². The molecule has 1 aromatic rings. The molecule has 116 valence electrons. The Bertz CT molecular complexity index is 580. The highest BCUT2D eigenvalue weighted by atomic mass is 16.2. The fourth-order valence-corrected chi connectivity index (χ4v) is 2.30. The van der Waals surface area contributed by atoms with Gasteiger partial charge >= 0.3 is 0 Å². The number of amides is 1. The predicted molar refractivity (Wildman–Crippen MR) is 85.7 cm³/mol. The van der Waals surface area contributed by atoms with E-state index >= 15 is 0 Å². The zero-order valence-corrected chi connectivity index (χ0v) is 13.1. The van der Waals surface area contributed by atoms with Crippen molar-refractivity contribution < 1.29 is 9.69 Å². The van der Waals surface area contributed by atoms with Crippen molar-refractivity contribution in [2.45, 2.75) is 13.3 Å². The molecule has 0 bridgehead atoms. The molecule has 1 aromatic carbocycles. The summed E-state index contributed by atoms with van der Waals surface area (Å²) in [6, 6.07) is 9.66. The Kier molecular flexibility index (Phi) is 5.50. The number of carbonyl (C=O) groups is 1. The average Bonchev–Trinajstić information content (AvgIpc) is 2.56. The molecule has 0 atom stereocenters. The molecule has 1 saturated heterocycles. The van der Waals surface area contributed by atoms with E-state index in [0.29, 0.717) is 13.1 Å². The molecule has 22 heavy (non-hydrogen) atoms. The van der Waals surface area contributed by atoms with Crippen LogP contribution in [0.2, 0.25) is 0 Å². The molecule has 0 saturated carbocycles. The number of benzene rings is 1. The van der Waals surface area contributed by atoms with Crippen molar-refractivity contribution in [3.8, 4) is 6.07 Å². The number of aryl methyl sites for hydroxylation is 1. The SMILES string of the molecule is CCc1ccc(N/N=C(\C#N)C(=O)N2CC[NH+](C)CC2)cc1. The number of rotatable bonds is 4. The van der Waals surface area contributed by atoms with Crippen LogP contribution in [0.15, 0.2) is 29.4 Å². The number of quaternary nitrogens is 1. The van der Waals surface area contributed by atoms with Crippen molar-refractivity contribution >= 4 is 17.3 Å². The summed E-state index contributed by atoms with van der Waals surface area (Å²) in [7, 11) is 2.10. The molecule has 0 unspecified atom stereocenters. The third-order valence-electron chi connectivity index (χ3n) is 3.87. The van der Waals surface area contributed by atoms with Gasteiger partial charge in [0.2, 0.25) is 5.71 Å². The van der Waals surface area contributed by atoms with Gasteiger partial charge in [-0.05, 0) is 24.1 Å². The van der Waals surface area contributed by atoms with Gasteiger partial charge in [-0.25, -0.2) is 0 Å². The fourth-order valence-electron chi connectivity index (χ4n) is 2.30. The lowest BCUT2D eigenvalue weighted by Crippen LogP contribution is -3.12. The Morgan fingerprint density at radius 3 is 2.55 bits per heavy atom. The Morgan fingerprint density at radius 2 is 2.00 bits per heavy atom. The van der Waals surface area contributed by atoms with Crippen LogP contribution in [0.1, 0.15) is 12.5 Å². The van der Waals surface area contributed by atoms with Crippen molar-refractivity contribution in [1.82, 2.24) is 4.90 Å². The summed E-state index contributed by atoms with van der Waals surface area (Å²) in [6.45, 7) is 5.21. The number of likely N-dealkylation sites (N-methyl/N-ethyl adjacent to an activating group) is 1. The van der Waals surface area contributed by atoms with Crippen molar-refractivity contribution in [1.29, 1.82) is 5.26 Å². The first kappa shape index (κ1) is 16.0. The van der Waals surface area contributed by atoms with E-state index in [1.54, 1.807) is 4.90 Å². The van der Waals surface area contributed by atoms with E-state index in [-0.39, 0.29) is 11.6 Å². The van der Waals surface area contributed by atoms with E-state index in [1.165, 1.54) is 10.5 Å². The van der Waals surface area contributed by atoms with Gasteiger partial charge in [0.15, 0.2) is 0 Å². The van der Waals surface area contributed by atoms with Crippen LogP contribution in [0, 0.1) is 11.3 Å². The third kappa shape index (κ3) is 4.06. The zero-order valence-electron chi connectivity index (χ0n) is 13.1. The van der Waals surface area contributed by atoms with Crippen molar-refractivity contribution in [2.75, 3.05) is 38.7 Å². The normalized spacial score (nSPS) is 16.2. The maximum Gasteiger partial charge on any atom is 0.285 e. The van der Waals surface area contributed by atoms with Crippen LogP contribution in [0.5, 0.6) is 0 Å². The molecule has 1 heterocycles. The number of hydrogen-bond donors (Lipinski definition) is 2. The van der Waals surface area contributed by atoms with Crippen molar-refractivity contribution in [3.63, 3.8) is 0 Å². The third-order valence-corrected chi connectivity index (χ3v) is 3.87. The van der Waals surface area contributed by atoms with Gasteiger partial charge in [-0.15, -0.1) is 0 Å². The van der Waals surface area contributed by atoms with Gasteiger partial charge in [0, 0.05) is 0 Å². The maximum absolute atomic E-state index is 12.3. The first-order valence-corrected chi connectivity index (χ1v) is 7.57. The predicted octanol–water partition coefficient (Wildman–Crippen LogP) is -0.103. The molecular weight excluding hydrogens is 278 g/mol. The highest BCUT2D eigenvalue weighted by Crippen LogP contribution is 2.10. The Labute approximate surface area is 131 Å². The van der Waals surface area contributed by atoms with Gasteiger partial charge in [-0.3, -0.25) is 10.2 Å². The monoisotopic (exact) mass is 300 g/mol. The molecular formula is C16H22N5O+. The highest BCUT2D eigenvalue weighted by molar-refractivity contribution is 6.45. The molecule has 2 N–H and O–H groups in total. The molecule has 1 amide bonds. The second-order valence-electron chi connectivity index (χ2n) is 5.48. The maximum atomic E-state index is 12.3. The molecule has 6 nitrogen and oxygen atoms in total. The van der Waals surface area contributed by atoms with Gasteiger partial charge in [0.05, 0.1) is 38.9 Å². The van der Waals surface area contributed by atoms with Crippen LogP contribution >= 0.6 is 0 Å². The first-order chi connectivity index (χ1) is 10.6. The summed E-state index contributed by atoms with van der Waals surface area (Å²) in [5.74, 6) is -0.298. The number of carbonyl (C=O) groups excluding carboxylic acids is 1. The molecule has 1 fully saturated rings. The number of nitriles is 1. The van der Waals surface area contributed by atoms with E-state index in [9.17, 15) is 4.79 Å². The molecule has 1 aliphatic heterocycles. The fraction of sp³-hybridized carbons (Fsp3) is 0.438. The summed E-state index contributed by atoms with van der Waals surface area (Å²) in [4.78, 5) is 15.4. The molecule has 0 radical (unpaired) electrons. The van der Waals surface area contributed by atoms with Crippen molar-refractivity contribution in [2.24, 2.45) is 5.10 Å². The second-order valence-corrected chi connectivity index (χ2v) is 5.48. The number of nitrogens with one attached hydrogen (secondary N) is 2. The van der Waals surface area contributed by atoms with Gasteiger partial charge < -0.3 is 9.80 Å². The molecule has 2 rings (SSSR count). The van der Waals surface area contributed by atoms with Gasteiger partial charge in [0.1, 0.15) is 6.07 Å². The van der Waals surface area contributed by atoms with Crippen LogP contribution in [0.3, 0.4) is 0 Å². The summed E-state index contributed by atoms with van der Waals surface area (Å²) in [5, 5.41) is 13.1.